The molecule has 33 heavy (non-hydrogen) atoms. The Morgan fingerprint density at radius 2 is 1.79 bits per heavy atom. The standard InChI is InChI=1S/C26H32N4O3/c1-3-14-30(15-4-2)23-18-33-24-11-10-20(16-21(24)27)12-13-28-25(31)22(29-26(23)32)17-19-8-6-5-7-9-19/h3-11,16,22-23H,1-2,12-15,17-18,27H2,(H,28,31)(H,29,32)/t22-,23-/m0/s1. The van der Waals surface area contributed by atoms with Crippen molar-refractivity contribution in [3.8, 4) is 5.75 Å². The van der Waals surface area contributed by atoms with E-state index in [1.54, 1.807) is 18.2 Å². The van der Waals surface area contributed by atoms with Crippen molar-refractivity contribution in [3.05, 3.63) is 85.0 Å². The molecule has 0 aliphatic carbocycles. The molecule has 2 aliphatic heterocycles. The molecule has 4 rings (SSSR count). The molecule has 2 atom stereocenters. The molecule has 2 aromatic rings. The minimum atomic E-state index is -0.717. The Kier molecular flexibility index (Phi) is 8.66. The van der Waals surface area contributed by atoms with E-state index in [4.69, 9.17) is 10.5 Å². The molecule has 0 fully saturated rings. The van der Waals surface area contributed by atoms with Gasteiger partial charge in [0.05, 0.1) is 5.69 Å². The van der Waals surface area contributed by atoms with Gasteiger partial charge in [-0.25, -0.2) is 0 Å². The summed E-state index contributed by atoms with van der Waals surface area (Å²) in [5, 5.41) is 5.91. The van der Waals surface area contributed by atoms with Gasteiger partial charge < -0.3 is 21.1 Å². The number of hydrogen-bond acceptors (Lipinski definition) is 5. The first-order valence-electron chi connectivity index (χ1n) is 11.1. The van der Waals surface area contributed by atoms with Crippen LogP contribution in [0.25, 0.3) is 0 Å². The van der Waals surface area contributed by atoms with Crippen LogP contribution in [0.2, 0.25) is 0 Å². The summed E-state index contributed by atoms with van der Waals surface area (Å²) in [6.45, 7) is 9.01. The molecule has 2 aliphatic rings. The Labute approximate surface area is 195 Å². The smallest absolute Gasteiger partial charge is 0.242 e. The molecule has 2 bridgehead atoms. The number of hydrogen-bond donors (Lipinski definition) is 3. The Bertz CT molecular complexity index is 967. The van der Waals surface area contributed by atoms with Crippen LogP contribution in [-0.2, 0) is 22.4 Å². The lowest BCUT2D eigenvalue weighted by molar-refractivity contribution is -0.132. The predicted molar refractivity (Wildman–Crippen MR) is 131 cm³/mol. The number of fused-ring (bicyclic) bond motifs is 11. The number of anilines is 1. The van der Waals surface area contributed by atoms with Gasteiger partial charge in [-0.3, -0.25) is 14.5 Å². The Hall–Kier alpha value is -3.58. The quantitative estimate of drug-likeness (QED) is 0.445. The number of carbonyl (C=O) groups excluding carboxylic acids is 2. The van der Waals surface area contributed by atoms with E-state index in [1.807, 2.05) is 47.4 Å². The van der Waals surface area contributed by atoms with Crippen molar-refractivity contribution >= 4 is 17.5 Å². The topological polar surface area (TPSA) is 96.7 Å². The molecule has 0 saturated heterocycles. The molecular formula is C26H32N4O3. The van der Waals surface area contributed by atoms with Crippen LogP contribution < -0.4 is 21.1 Å². The average molecular weight is 449 g/mol. The van der Waals surface area contributed by atoms with Gasteiger partial charge in [0.25, 0.3) is 0 Å². The summed E-state index contributed by atoms with van der Waals surface area (Å²) < 4.78 is 5.97. The zero-order valence-electron chi connectivity index (χ0n) is 18.8. The predicted octanol–water partition coefficient (Wildman–Crippen LogP) is 2.09. The molecule has 0 saturated carbocycles. The molecule has 0 spiro atoms. The number of ether oxygens (including phenoxy) is 1. The van der Waals surface area contributed by atoms with Gasteiger partial charge in [0.1, 0.15) is 24.4 Å². The number of amides is 2. The maximum absolute atomic E-state index is 13.4. The monoisotopic (exact) mass is 448 g/mol. The van der Waals surface area contributed by atoms with E-state index in [0.717, 1.165) is 11.1 Å². The molecule has 0 radical (unpaired) electrons. The SMILES string of the molecule is C=CCN(CC=C)[C@H]1COc2ccc(cc2N)CCNC(=O)[C@H](Cc2ccccc2)NC1=O. The minimum Gasteiger partial charge on any atom is -0.489 e. The Balaban J connectivity index is 1.92. The summed E-state index contributed by atoms with van der Waals surface area (Å²) in [6, 6.07) is 13.8. The fraction of sp³-hybridized carbons (Fsp3) is 0.308. The number of nitrogens with zero attached hydrogens (tertiary/aromatic N) is 1. The van der Waals surface area contributed by atoms with Crippen LogP contribution in [0, 0.1) is 0 Å². The lowest BCUT2D eigenvalue weighted by Crippen LogP contribution is -2.56. The highest BCUT2D eigenvalue weighted by Crippen LogP contribution is 2.23. The highest BCUT2D eigenvalue weighted by Gasteiger charge is 2.30. The van der Waals surface area contributed by atoms with Gasteiger partial charge in [-0.1, -0.05) is 48.6 Å². The van der Waals surface area contributed by atoms with E-state index >= 15 is 0 Å². The van der Waals surface area contributed by atoms with Crippen LogP contribution in [0.3, 0.4) is 0 Å². The van der Waals surface area contributed by atoms with Crippen molar-refractivity contribution in [1.29, 1.82) is 0 Å². The van der Waals surface area contributed by atoms with Gasteiger partial charge in [-0.15, -0.1) is 13.2 Å². The van der Waals surface area contributed by atoms with Crippen molar-refractivity contribution in [2.24, 2.45) is 0 Å². The molecule has 7 heteroatoms. The maximum atomic E-state index is 13.4. The zero-order valence-corrected chi connectivity index (χ0v) is 18.8. The van der Waals surface area contributed by atoms with Crippen molar-refractivity contribution in [2.45, 2.75) is 24.9 Å². The number of nitrogens with one attached hydrogen (secondary N) is 2. The summed E-state index contributed by atoms with van der Waals surface area (Å²) in [5.41, 5.74) is 8.63. The molecule has 2 amide bonds. The third-order valence-corrected chi connectivity index (χ3v) is 5.57. The van der Waals surface area contributed by atoms with Crippen LogP contribution in [0.5, 0.6) is 5.75 Å². The van der Waals surface area contributed by atoms with Crippen LogP contribution in [0.15, 0.2) is 73.8 Å². The molecule has 2 heterocycles. The fourth-order valence-electron chi connectivity index (χ4n) is 3.84. The summed E-state index contributed by atoms with van der Waals surface area (Å²) >= 11 is 0. The van der Waals surface area contributed by atoms with Gasteiger partial charge in [0, 0.05) is 26.1 Å². The third kappa shape index (κ3) is 6.70. The summed E-state index contributed by atoms with van der Waals surface area (Å²) in [7, 11) is 0. The summed E-state index contributed by atoms with van der Waals surface area (Å²) in [4.78, 5) is 28.4. The highest BCUT2D eigenvalue weighted by molar-refractivity contribution is 5.90. The van der Waals surface area contributed by atoms with Crippen LogP contribution >= 0.6 is 0 Å². The molecule has 0 unspecified atom stereocenters. The van der Waals surface area contributed by atoms with Crippen molar-refractivity contribution < 1.29 is 14.3 Å². The summed E-state index contributed by atoms with van der Waals surface area (Å²) in [6.07, 6.45) is 4.45. The molecular weight excluding hydrogens is 416 g/mol. The normalized spacial score (nSPS) is 19.2. The molecule has 2 aromatic carbocycles. The minimum absolute atomic E-state index is 0.0662. The van der Waals surface area contributed by atoms with E-state index in [9.17, 15) is 9.59 Å². The number of rotatable bonds is 7. The lowest BCUT2D eigenvalue weighted by Gasteiger charge is -2.31. The molecule has 4 N–H and O–H groups in total. The van der Waals surface area contributed by atoms with Crippen LogP contribution in [0.1, 0.15) is 11.1 Å². The first kappa shape index (κ1) is 24.1. The van der Waals surface area contributed by atoms with Crippen molar-refractivity contribution in [1.82, 2.24) is 15.5 Å². The Morgan fingerprint density at radius 3 is 2.45 bits per heavy atom. The molecule has 7 nitrogen and oxygen atoms in total. The van der Waals surface area contributed by atoms with Crippen LogP contribution in [-0.4, -0.2) is 55.0 Å². The molecule has 174 valence electrons. The molecule has 0 aromatic heterocycles. The van der Waals surface area contributed by atoms with E-state index in [2.05, 4.69) is 23.8 Å². The van der Waals surface area contributed by atoms with Gasteiger partial charge in [-0.05, 0) is 29.7 Å². The zero-order chi connectivity index (χ0) is 23.6. The van der Waals surface area contributed by atoms with Crippen molar-refractivity contribution in [3.63, 3.8) is 0 Å². The van der Waals surface area contributed by atoms with Crippen LogP contribution in [0.4, 0.5) is 5.69 Å². The van der Waals surface area contributed by atoms with Gasteiger partial charge in [0.2, 0.25) is 11.8 Å². The van der Waals surface area contributed by atoms with E-state index in [0.29, 0.717) is 43.9 Å². The number of nitrogens with two attached hydrogens (primary N) is 1. The first-order valence-corrected chi connectivity index (χ1v) is 11.1. The summed E-state index contributed by atoms with van der Waals surface area (Å²) in [5.74, 6) is -0.00909. The van der Waals surface area contributed by atoms with Crippen molar-refractivity contribution in [2.75, 3.05) is 32.0 Å². The van der Waals surface area contributed by atoms with E-state index in [1.165, 1.54) is 0 Å². The van der Waals surface area contributed by atoms with Gasteiger partial charge in [-0.2, -0.15) is 0 Å². The number of nitrogen functional groups attached to an aromatic ring is 1. The number of benzene rings is 2. The highest BCUT2D eigenvalue weighted by atomic mass is 16.5. The second-order valence-corrected chi connectivity index (χ2v) is 8.02. The third-order valence-electron chi connectivity index (χ3n) is 5.57. The largest absolute Gasteiger partial charge is 0.489 e. The average Bonchev–Trinajstić information content (AvgIpc) is 2.80. The second kappa shape index (κ2) is 11.9. The number of carbonyl (C=O) groups is 2. The maximum Gasteiger partial charge on any atom is 0.242 e. The van der Waals surface area contributed by atoms with E-state index < -0.39 is 12.1 Å². The van der Waals surface area contributed by atoms with Gasteiger partial charge in [0.15, 0.2) is 0 Å². The van der Waals surface area contributed by atoms with Gasteiger partial charge >= 0.3 is 0 Å². The Morgan fingerprint density at radius 1 is 1.06 bits per heavy atom. The fourth-order valence-corrected chi connectivity index (χ4v) is 3.84. The lowest BCUT2D eigenvalue weighted by atomic mass is 10.0. The first-order chi connectivity index (χ1) is 16.0. The second-order valence-electron chi connectivity index (χ2n) is 8.02. The van der Waals surface area contributed by atoms with E-state index in [-0.39, 0.29) is 18.4 Å².